The van der Waals surface area contributed by atoms with E-state index < -0.39 is 0 Å². The molecule has 0 aromatic rings. The summed E-state index contributed by atoms with van der Waals surface area (Å²) in [6.07, 6.45) is 10.4. The average Bonchev–Trinajstić information content (AvgIpc) is 2.27. The van der Waals surface area contributed by atoms with Crippen LogP contribution in [0.5, 0.6) is 0 Å². The van der Waals surface area contributed by atoms with E-state index in [4.69, 9.17) is 0 Å². The van der Waals surface area contributed by atoms with Gasteiger partial charge in [-0.2, -0.15) is 0 Å². The Labute approximate surface area is 69.3 Å². The van der Waals surface area contributed by atoms with Crippen LogP contribution < -0.4 is 0 Å². The molecule has 11 heavy (non-hydrogen) atoms. The highest BCUT2D eigenvalue weighted by Crippen LogP contribution is 2.24. The van der Waals surface area contributed by atoms with Gasteiger partial charge in [-0.3, -0.25) is 0 Å². The molecule has 0 saturated carbocycles. The van der Waals surface area contributed by atoms with E-state index in [1.165, 1.54) is 43.3 Å². The molecule has 0 aliphatic heterocycles. The first-order valence-corrected chi connectivity index (χ1v) is 4.35. The van der Waals surface area contributed by atoms with Gasteiger partial charge < -0.3 is 0 Å². The second-order valence-corrected chi connectivity index (χ2v) is 3.02. The lowest BCUT2D eigenvalue weighted by molar-refractivity contribution is 0.710. The van der Waals surface area contributed by atoms with Gasteiger partial charge in [0.25, 0.3) is 0 Å². The Morgan fingerprint density at radius 2 is 1.27 bits per heavy atom. The van der Waals surface area contributed by atoms with Crippen LogP contribution in [0, 0.1) is 0 Å². The molecule has 0 fully saturated rings. The van der Waals surface area contributed by atoms with Gasteiger partial charge in [0.15, 0.2) is 0 Å². The van der Waals surface area contributed by atoms with Crippen molar-refractivity contribution in [1.29, 1.82) is 0 Å². The standard InChI is InChI=1S/C11H16/c1-3-10-8-6-5-7-9-11(10)4-2/h3-4H,1-2,5-9H2. The molecular weight excluding hydrogens is 132 g/mol. The fraction of sp³-hybridized carbons (Fsp3) is 0.455. The van der Waals surface area contributed by atoms with E-state index in [-0.39, 0.29) is 0 Å². The Morgan fingerprint density at radius 3 is 1.64 bits per heavy atom. The minimum atomic E-state index is 1.20. The molecule has 0 N–H and O–H groups in total. The highest BCUT2D eigenvalue weighted by molar-refractivity contribution is 5.31. The monoisotopic (exact) mass is 148 g/mol. The number of hydrogen-bond acceptors (Lipinski definition) is 0. The number of allylic oxidation sites excluding steroid dienone is 4. The van der Waals surface area contributed by atoms with Crippen LogP contribution in [-0.2, 0) is 0 Å². The first-order chi connectivity index (χ1) is 5.38. The zero-order valence-electron chi connectivity index (χ0n) is 7.10. The number of hydrogen-bond donors (Lipinski definition) is 0. The second-order valence-electron chi connectivity index (χ2n) is 3.02. The Bertz CT molecular complexity index is 164. The van der Waals surface area contributed by atoms with E-state index in [0.29, 0.717) is 0 Å². The van der Waals surface area contributed by atoms with Crippen molar-refractivity contribution in [1.82, 2.24) is 0 Å². The van der Waals surface area contributed by atoms with Crippen molar-refractivity contribution < 1.29 is 0 Å². The van der Waals surface area contributed by atoms with Crippen molar-refractivity contribution in [2.45, 2.75) is 32.1 Å². The van der Waals surface area contributed by atoms with Gasteiger partial charge in [0.1, 0.15) is 0 Å². The van der Waals surface area contributed by atoms with Crippen molar-refractivity contribution in [2.24, 2.45) is 0 Å². The largest absolute Gasteiger partial charge is 0.0988 e. The van der Waals surface area contributed by atoms with E-state index in [1.807, 2.05) is 12.2 Å². The summed E-state index contributed by atoms with van der Waals surface area (Å²) >= 11 is 0. The van der Waals surface area contributed by atoms with Crippen LogP contribution in [0.25, 0.3) is 0 Å². The van der Waals surface area contributed by atoms with Gasteiger partial charge in [0, 0.05) is 0 Å². The van der Waals surface area contributed by atoms with Gasteiger partial charge in [-0.1, -0.05) is 31.7 Å². The first kappa shape index (κ1) is 8.32. The fourth-order valence-corrected chi connectivity index (χ4v) is 1.60. The van der Waals surface area contributed by atoms with Crippen LogP contribution in [0.15, 0.2) is 36.5 Å². The zero-order valence-corrected chi connectivity index (χ0v) is 7.10. The van der Waals surface area contributed by atoms with Crippen molar-refractivity contribution in [3.8, 4) is 0 Å². The summed E-state index contributed by atoms with van der Waals surface area (Å²) < 4.78 is 0. The molecule has 0 bridgehead atoms. The highest BCUT2D eigenvalue weighted by Gasteiger charge is 2.05. The minimum Gasteiger partial charge on any atom is -0.0988 e. The van der Waals surface area contributed by atoms with E-state index in [2.05, 4.69) is 13.2 Å². The summed E-state index contributed by atoms with van der Waals surface area (Å²) in [6.45, 7) is 7.64. The molecule has 1 aliphatic carbocycles. The van der Waals surface area contributed by atoms with Crippen molar-refractivity contribution in [3.63, 3.8) is 0 Å². The molecule has 0 amide bonds. The zero-order chi connectivity index (χ0) is 8.10. The molecular formula is C11H16. The third kappa shape index (κ3) is 2.07. The molecule has 0 nitrogen and oxygen atoms in total. The van der Waals surface area contributed by atoms with Crippen LogP contribution in [0.2, 0.25) is 0 Å². The smallest absolute Gasteiger partial charge is 0.0276 e. The Hall–Kier alpha value is -0.780. The van der Waals surface area contributed by atoms with Crippen molar-refractivity contribution >= 4 is 0 Å². The highest BCUT2D eigenvalue weighted by atomic mass is 14.1. The topological polar surface area (TPSA) is 0 Å². The normalized spacial score (nSPS) is 19.3. The lowest BCUT2D eigenvalue weighted by Gasteiger charge is -2.02. The maximum atomic E-state index is 3.82. The van der Waals surface area contributed by atoms with E-state index in [0.717, 1.165) is 0 Å². The second kappa shape index (κ2) is 4.17. The molecule has 1 rings (SSSR count). The predicted molar refractivity (Wildman–Crippen MR) is 50.5 cm³/mol. The predicted octanol–water partition coefficient (Wildman–Crippen LogP) is 3.62. The molecule has 0 heterocycles. The Morgan fingerprint density at radius 1 is 0.818 bits per heavy atom. The van der Waals surface area contributed by atoms with Gasteiger partial charge in [0.05, 0.1) is 0 Å². The van der Waals surface area contributed by atoms with Crippen molar-refractivity contribution in [3.05, 3.63) is 36.5 Å². The Balaban J connectivity index is 2.79. The molecule has 0 unspecified atom stereocenters. The molecule has 0 aromatic heterocycles. The molecule has 60 valence electrons. The summed E-state index contributed by atoms with van der Waals surface area (Å²) in [5.41, 5.74) is 2.83. The summed E-state index contributed by atoms with van der Waals surface area (Å²) in [7, 11) is 0. The number of rotatable bonds is 2. The molecule has 1 aliphatic rings. The first-order valence-electron chi connectivity index (χ1n) is 4.35. The van der Waals surface area contributed by atoms with Crippen LogP contribution in [0.4, 0.5) is 0 Å². The van der Waals surface area contributed by atoms with E-state index in [1.54, 1.807) is 0 Å². The minimum absolute atomic E-state index is 1.20. The fourth-order valence-electron chi connectivity index (χ4n) is 1.60. The van der Waals surface area contributed by atoms with E-state index >= 15 is 0 Å². The maximum Gasteiger partial charge on any atom is -0.0276 e. The summed E-state index contributed by atoms with van der Waals surface area (Å²) in [6, 6.07) is 0. The summed E-state index contributed by atoms with van der Waals surface area (Å²) in [4.78, 5) is 0. The van der Waals surface area contributed by atoms with Gasteiger partial charge >= 0.3 is 0 Å². The van der Waals surface area contributed by atoms with Gasteiger partial charge in [-0.25, -0.2) is 0 Å². The molecule has 0 saturated heterocycles. The Kier molecular flexibility index (Phi) is 3.15. The lowest BCUT2D eigenvalue weighted by atomic mass is 10.0. The molecule has 0 atom stereocenters. The van der Waals surface area contributed by atoms with Gasteiger partial charge in [-0.15, -0.1) is 0 Å². The molecule has 0 heteroatoms. The molecule has 0 aromatic carbocycles. The van der Waals surface area contributed by atoms with Crippen LogP contribution in [0.3, 0.4) is 0 Å². The summed E-state index contributed by atoms with van der Waals surface area (Å²) in [5.74, 6) is 0. The van der Waals surface area contributed by atoms with Crippen LogP contribution in [-0.4, -0.2) is 0 Å². The van der Waals surface area contributed by atoms with Crippen LogP contribution in [0.1, 0.15) is 32.1 Å². The SMILES string of the molecule is C=CC1=C(C=C)CCCCC1. The van der Waals surface area contributed by atoms with Crippen LogP contribution >= 0.6 is 0 Å². The van der Waals surface area contributed by atoms with Crippen molar-refractivity contribution in [2.75, 3.05) is 0 Å². The quantitative estimate of drug-likeness (QED) is 0.561. The van der Waals surface area contributed by atoms with Gasteiger partial charge in [-0.05, 0) is 36.8 Å². The third-order valence-corrected chi connectivity index (χ3v) is 2.30. The molecule has 0 radical (unpaired) electrons. The van der Waals surface area contributed by atoms with Gasteiger partial charge in [0.2, 0.25) is 0 Å². The van der Waals surface area contributed by atoms with E-state index in [9.17, 15) is 0 Å². The average molecular weight is 148 g/mol. The maximum absolute atomic E-state index is 3.82. The molecule has 0 spiro atoms. The third-order valence-electron chi connectivity index (χ3n) is 2.30. The lowest BCUT2D eigenvalue weighted by Crippen LogP contribution is -1.82. The summed E-state index contributed by atoms with van der Waals surface area (Å²) in [5, 5.41) is 0.